The van der Waals surface area contributed by atoms with Crippen molar-refractivity contribution < 1.29 is 17.1 Å². The molecule has 51 heavy (non-hydrogen) atoms. The molecule has 0 saturated heterocycles. The van der Waals surface area contributed by atoms with Crippen LogP contribution >= 0.6 is 15.8 Å². The molecule has 6 aromatic carbocycles. The van der Waals surface area contributed by atoms with Crippen molar-refractivity contribution in [3.63, 3.8) is 0 Å². The van der Waals surface area contributed by atoms with E-state index in [1.54, 1.807) is 21.2 Å². The van der Waals surface area contributed by atoms with E-state index in [0.29, 0.717) is 17.2 Å². The summed E-state index contributed by atoms with van der Waals surface area (Å²) in [5, 5.41) is 11.8. The number of aryl methyl sites for hydroxylation is 4. The van der Waals surface area contributed by atoms with Crippen LogP contribution in [0.1, 0.15) is 80.5 Å². The quantitative estimate of drug-likeness (QED) is 0.113. The van der Waals surface area contributed by atoms with Gasteiger partial charge >= 0.3 is 0 Å². The second-order valence-electron chi connectivity index (χ2n) is 15.1. The van der Waals surface area contributed by atoms with E-state index < -0.39 is 15.8 Å². The van der Waals surface area contributed by atoms with E-state index >= 15 is 0 Å². The Labute approximate surface area is 320 Å². The summed E-state index contributed by atoms with van der Waals surface area (Å²) in [6.07, 6.45) is 11.4. The normalized spacial score (nSPS) is 17.8. The summed E-state index contributed by atoms with van der Waals surface area (Å²) in [5.74, 6) is 0.654. The second kappa shape index (κ2) is 17.4. The van der Waals surface area contributed by atoms with Gasteiger partial charge in [0.25, 0.3) is 0 Å². The third-order valence-corrected chi connectivity index (χ3v) is 17.1. The van der Waals surface area contributed by atoms with E-state index in [1.807, 2.05) is 0 Å². The summed E-state index contributed by atoms with van der Waals surface area (Å²) >= 11 is 0. The van der Waals surface area contributed by atoms with Gasteiger partial charge in [-0.3, -0.25) is 0 Å². The predicted molar refractivity (Wildman–Crippen MR) is 226 cm³/mol. The monoisotopic (exact) mass is 748 g/mol. The maximum atomic E-state index is 2.61. The van der Waals surface area contributed by atoms with Crippen molar-refractivity contribution in [2.75, 3.05) is 0 Å². The molecule has 2 fully saturated rings. The van der Waals surface area contributed by atoms with Crippen LogP contribution in [0.5, 0.6) is 0 Å². The molecule has 0 radical (unpaired) electrons. The van der Waals surface area contributed by atoms with Crippen LogP contribution in [-0.2, 0) is 17.1 Å². The third kappa shape index (κ3) is 8.56. The molecule has 2 saturated carbocycles. The van der Waals surface area contributed by atoms with Crippen molar-refractivity contribution in [2.24, 2.45) is 5.92 Å². The fourth-order valence-electron chi connectivity index (χ4n) is 9.05. The Morgan fingerprint density at radius 1 is 0.490 bits per heavy atom. The van der Waals surface area contributed by atoms with Gasteiger partial charge in [-0.2, -0.15) is 0 Å². The molecule has 3 atom stereocenters. The van der Waals surface area contributed by atoms with Crippen LogP contribution in [0.3, 0.4) is 0 Å². The van der Waals surface area contributed by atoms with Gasteiger partial charge in [0.05, 0.1) is 0 Å². The Bertz CT molecular complexity index is 1890. The summed E-state index contributed by atoms with van der Waals surface area (Å²) in [7, 11) is -1.14. The van der Waals surface area contributed by atoms with Gasteiger partial charge in [-0.1, -0.05) is 189 Å². The standard InChI is InChI=1S/C43H44P2.C5H10.Fe/c1-29-23-30(2)26-36(25-29)44(37-27-31(3)24-32(4)28-37)33(5)38-19-12-22-41(38)45(42-20-10-15-34-13-6-8-17-39(34)42)43-21-11-16-35-14-7-9-18-40(35)43;1-2-4-5-3-1;/h6-11,13-18,20-21,23-28,33,38,41H,12,19,22H2,1-5H3;1-5H2;/t33-,38?,41?;;/m1../s1. The van der Waals surface area contributed by atoms with Crippen LogP contribution in [0.2, 0.25) is 0 Å². The topological polar surface area (TPSA) is 0 Å². The Morgan fingerprint density at radius 3 is 1.35 bits per heavy atom. The average molecular weight is 749 g/mol. The predicted octanol–water partition coefficient (Wildman–Crippen LogP) is 12.3. The van der Waals surface area contributed by atoms with Gasteiger partial charge in [0.15, 0.2) is 0 Å². The zero-order valence-corrected chi connectivity index (χ0v) is 34.1. The van der Waals surface area contributed by atoms with Crippen LogP contribution < -0.4 is 21.2 Å². The maximum absolute atomic E-state index is 2.61. The van der Waals surface area contributed by atoms with Crippen LogP contribution in [0.25, 0.3) is 21.5 Å². The van der Waals surface area contributed by atoms with Crippen molar-refractivity contribution in [3.8, 4) is 0 Å². The largest absolute Gasteiger partial charge is 0.0616 e. The van der Waals surface area contributed by atoms with Gasteiger partial charge < -0.3 is 0 Å². The number of fused-ring (bicyclic) bond motifs is 2. The molecular formula is C48H54FeP2. The molecule has 0 aromatic heterocycles. The third-order valence-electron chi connectivity index (χ3n) is 11.2. The summed E-state index contributed by atoms with van der Waals surface area (Å²) in [5.41, 5.74) is 6.73. The second-order valence-corrected chi connectivity index (χ2v) is 20.1. The van der Waals surface area contributed by atoms with E-state index in [-0.39, 0.29) is 17.1 Å². The first-order chi connectivity index (χ1) is 24.4. The molecule has 6 aromatic rings. The first kappa shape index (κ1) is 38.0. The smallest absolute Gasteiger partial charge is 0 e. The molecule has 8 rings (SSSR count). The molecular weight excluding hydrogens is 694 g/mol. The Morgan fingerprint density at radius 2 is 0.902 bits per heavy atom. The fourth-order valence-corrected chi connectivity index (χ4v) is 16.2. The summed E-state index contributed by atoms with van der Waals surface area (Å²) in [6.45, 7) is 11.7. The molecule has 0 bridgehead atoms. The number of rotatable bonds is 7. The summed E-state index contributed by atoms with van der Waals surface area (Å²) in [6, 6.07) is 47.0. The average Bonchev–Trinajstić information content (AvgIpc) is 3.85. The first-order valence-electron chi connectivity index (χ1n) is 19.1. The molecule has 2 unspecified atom stereocenters. The minimum absolute atomic E-state index is 0. The zero-order valence-electron chi connectivity index (χ0n) is 31.2. The molecule has 2 aliphatic carbocycles. The first-order valence-corrected chi connectivity index (χ1v) is 21.9. The number of hydrogen-bond donors (Lipinski definition) is 0. The Balaban J connectivity index is 0.000000689. The van der Waals surface area contributed by atoms with E-state index in [2.05, 4.69) is 156 Å². The molecule has 0 heterocycles. The van der Waals surface area contributed by atoms with Gasteiger partial charge in [0.2, 0.25) is 0 Å². The maximum Gasteiger partial charge on any atom is 0 e. The van der Waals surface area contributed by atoms with Gasteiger partial charge in [-0.05, 0) is 116 Å². The Hall–Kier alpha value is -2.78. The van der Waals surface area contributed by atoms with Crippen LogP contribution in [0.4, 0.5) is 0 Å². The number of hydrogen-bond acceptors (Lipinski definition) is 0. The summed E-state index contributed by atoms with van der Waals surface area (Å²) < 4.78 is 0. The molecule has 0 nitrogen and oxygen atoms in total. The van der Waals surface area contributed by atoms with Gasteiger partial charge in [-0.15, -0.1) is 0 Å². The molecule has 0 spiro atoms. The molecule has 0 aliphatic heterocycles. The van der Waals surface area contributed by atoms with Gasteiger partial charge in [-0.25, -0.2) is 0 Å². The zero-order chi connectivity index (χ0) is 34.6. The minimum Gasteiger partial charge on any atom is -0.0616 e. The fraction of sp³-hybridized carbons (Fsp3) is 0.333. The molecule has 0 N–H and O–H groups in total. The van der Waals surface area contributed by atoms with Crippen LogP contribution in [-0.4, -0.2) is 11.3 Å². The molecule has 2 aliphatic rings. The van der Waals surface area contributed by atoms with E-state index in [1.165, 1.54) is 95.2 Å². The minimum atomic E-state index is -0.600. The van der Waals surface area contributed by atoms with E-state index in [9.17, 15) is 0 Å². The molecule has 264 valence electrons. The van der Waals surface area contributed by atoms with Crippen molar-refractivity contribution in [1.29, 1.82) is 0 Å². The van der Waals surface area contributed by atoms with E-state index in [0.717, 1.165) is 0 Å². The molecule has 0 amide bonds. The SMILES string of the molecule is C1CCCC1.Cc1cc(C)cc(P(c2cc(C)cc(C)c2)[C@H](C)C2CCCC2P(c2cccc3ccccc23)c2cccc3ccccc23)c1.[Fe]. The van der Waals surface area contributed by atoms with Crippen LogP contribution in [0, 0.1) is 33.6 Å². The van der Waals surface area contributed by atoms with Crippen molar-refractivity contribution in [3.05, 3.63) is 144 Å². The number of benzene rings is 6. The van der Waals surface area contributed by atoms with Gasteiger partial charge in [0.1, 0.15) is 0 Å². The van der Waals surface area contributed by atoms with Crippen molar-refractivity contribution in [2.45, 2.75) is 97.3 Å². The van der Waals surface area contributed by atoms with Crippen LogP contribution in [0.15, 0.2) is 121 Å². The Kier molecular flexibility index (Phi) is 12.9. The van der Waals surface area contributed by atoms with Crippen molar-refractivity contribution >= 4 is 58.6 Å². The summed E-state index contributed by atoms with van der Waals surface area (Å²) in [4.78, 5) is 0. The molecule has 3 heteroatoms. The van der Waals surface area contributed by atoms with Gasteiger partial charge in [0, 0.05) is 17.1 Å². The van der Waals surface area contributed by atoms with Crippen molar-refractivity contribution in [1.82, 2.24) is 0 Å². The van der Waals surface area contributed by atoms with E-state index in [4.69, 9.17) is 0 Å².